The third-order valence-corrected chi connectivity index (χ3v) is 10.1. The van der Waals surface area contributed by atoms with Crippen LogP contribution >= 0.6 is 11.3 Å². The van der Waals surface area contributed by atoms with Gasteiger partial charge in [-0.3, -0.25) is 14.4 Å². The van der Waals surface area contributed by atoms with Gasteiger partial charge in [0.1, 0.15) is 17.4 Å². The van der Waals surface area contributed by atoms with Crippen molar-refractivity contribution in [3.05, 3.63) is 41.0 Å². The van der Waals surface area contributed by atoms with Gasteiger partial charge in [-0.25, -0.2) is 4.98 Å². The molecule has 11 heteroatoms. The van der Waals surface area contributed by atoms with Crippen molar-refractivity contribution >= 4 is 34.9 Å². The van der Waals surface area contributed by atoms with Gasteiger partial charge in [-0.05, 0) is 49.8 Å². The Labute approximate surface area is 277 Å². The third kappa shape index (κ3) is 8.60. The van der Waals surface area contributed by atoms with Crippen LogP contribution in [0.2, 0.25) is 0 Å². The number of aromatic nitrogens is 1. The summed E-state index contributed by atoms with van der Waals surface area (Å²) < 4.78 is 0. The largest absolute Gasteiger partial charge is 0.391 e. The summed E-state index contributed by atoms with van der Waals surface area (Å²) >= 11 is 1.57. The van der Waals surface area contributed by atoms with E-state index < -0.39 is 29.1 Å². The summed E-state index contributed by atoms with van der Waals surface area (Å²) in [5.41, 5.74) is 8.43. The van der Waals surface area contributed by atoms with Crippen molar-refractivity contribution in [3.63, 3.8) is 0 Å². The number of likely N-dealkylation sites (tertiary alicyclic amines) is 1. The van der Waals surface area contributed by atoms with E-state index in [2.05, 4.69) is 20.6 Å². The molecule has 1 saturated heterocycles. The number of aliphatic imine (C=N–C) groups is 1. The van der Waals surface area contributed by atoms with Crippen LogP contribution < -0.4 is 16.4 Å². The normalized spacial score (nSPS) is 22.1. The number of benzene rings is 1. The first kappa shape index (κ1) is 35.7. The number of aliphatic hydroxyl groups is 1. The standard InChI is InChI=1S/C35H52N6O4S/c1-23-29(46-22-37-23)24-15-17-25(18-16-24)35(5)33(45)39-31(40-35)27-20-26(42)21-41(27)32(44)30(34(2,3)4)38-28(43)14-12-10-8-6-7-9-11-13-19-36/h15-18,22,26-27,30,42H,6-14,19-21,36H2,1-5H3,(H,38,43)(H,39,40,45)/t26-,27+,30-,35+/m1/s1. The first-order chi connectivity index (χ1) is 21.8. The Hall–Kier alpha value is -3.15. The van der Waals surface area contributed by atoms with Gasteiger partial charge in [0.2, 0.25) is 11.8 Å². The maximum Gasteiger partial charge on any atom is 0.277 e. The lowest BCUT2D eigenvalue weighted by Gasteiger charge is -2.36. The fraction of sp³-hybridized carbons (Fsp3) is 0.629. The van der Waals surface area contributed by atoms with Gasteiger partial charge in [-0.2, -0.15) is 4.99 Å². The molecule has 0 aliphatic carbocycles. The zero-order chi connectivity index (χ0) is 33.5. The van der Waals surface area contributed by atoms with Gasteiger partial charge in [0, 0.05) is 19.4 Å². The lowest BCUT2D eigenvalue weighted by atomic mass is 9.85. The Bertz CT molecular complexity index is 1380. The van der Waals surface area contributed by atoms with Gasteiger partial charge < -0.3 is 26.4 Å². The Morgan fingerprint density at radius 1 is 1.11 bits per heavy atom. The number of nitrogens with two attached hydrogens (primary N) is 1. The first-order valence-corrected chi connectivity index (χ1v) is 17.6. The molecular formula is C35H52N6O4S. The van der Waals surface area contributed by atoms with Crippen LogP contribution in [0.3, 0.4) is 0 Å². The summed E-state index contributed by atoms with van der Waals surface area (Å²) in [6.45, 7) is 10.4. The zero-order valence-electron chi connectivity index (χ0n) is 28.1. The van der Waals surface area contributed by atoms with Crippen LogP contribution in [0.5, 0.6) is 0 Å². The number of amides is 3. The minimum absolute atomic E-state index is 0.103. The van der Waals surface area contributed by atoms with Gasteiger partial charge in [0.15, 0.2) is 0 Å². The van der Waals surface area contributed by atoms with E-state index >= 15 is 0 Å². The lowest BCUT2D eigenvalue weighted by Crippen LogP contribution is -2.58. The Morgan fingerprint density at radius 3 is 2.33 bits per heavy atom. The molecule has 4 atom stereocenters. The highest BCUT2D eigenvalue weighted by atomic mass is 32.1. The number of carbonyl (C=O) groups is 3. The number of nitrogens with one attached hydrogen (secondary N) is 2. The molecular weight excluding hydrogens is 600 g/mol. The number of thiazole rings is 1. The second kappa shape index (κ2) is 15.6. The fourth-order valence-electron chi connectivity index (χ4n) is 6.30. The molecule has 0 saturated carbocycles. The van der Waals surface area contributed by atoms with Crippen molar-refractivity contribution in [3.8, 4) is 10.4 Å². The topological polar surface area (TPSA) is 150 Å². The number of unbranched alkanes of at least 4 members (excludes halogenated alkanes) is 7. The molecule has 10 nitrogen and oxygen atoms in total. The van der Waals surface area contributed by atoms with E-state index in [-0.39, 0.29) is 30.7 Å². The lowest BCUT2D eigenvalue weighted by molar-refractivity contribution is -0.139. The molecule has 3 heterocycles. The molecule has 5 N–H and O–H groups in total. The predicted octanol–water partition coefficient (Wildman–Crippen LogP) is 4.82. The average molecular weight is 653 g/mol. The van der Waals surface area contributed by atoms with E-state index in [0.29, 0.717) is 12.3 Å². The van der Waals surface area contributed by atoms with Crippen molar-refractivity contribution in [1.29, 1.82) is 0 Å². The van der Waals surface area contributed by atoms with E-state index in [4.69, 9.17) is 5.73 Å². The monoisotopic (exact) mass is 652 g/mol. The highest BCUT2D eigenvalue weighted by Crippen LogP contribution is 2.34. The molecule has 2 aliphatic heterocycles. The summed E-state index contributed by atoms with van der Waals surface area (Å²) in [4.78, 5) is 51.8. The number of rotatable bonds is 15. The van der Waals surface area contributed by atoms with Crippen LogP contribution in [0.25, 0.3) is 10.4 Å². The molecule has 3 amide bonds. The zero-order valence-corrected chi connectivity index (χ0v) is 28.9. The van der Waals surface area contributed by atoms with Crippen LogP contribution in [0.15, 0.2) is 34.8 Å². The molecule has 0 spiro atoms. The fourth-order valence-corrected chi connectivity index (χ4v) is 7.11. The Kier molecular flexibility index (Phi) is 12.1. The second-order valence-electron chi connectivity index (χ2n) is 14.0. The van der Waals surface area contributed by atoms with E-state index in [1.165, 1.54) is 19.3 Å². The summed E-state index contributed by atoms with van der Waals surface area (Å²) in [5.74, 6) is -0.422. The van der Waals surface area contributed by atoms with Crippen LogP contribution in [0, 0.1) is 12.3 Å². The minimum atomic E-state index is -1.11. The number of carbonyl (C=O) groups excluding carboxylic acids is 3. The van der Waals surface area contributed by atoms with E-state index in [1.807, 2.05) is 57.5 Å². The number of β-amino-alcohol motifs (C(OH)–C–C–N with tert-alkyl or cyclic N) is 1. The van der Waals surface area contributed by atoms with E-state index in [0.717, 1.165) is 60.3 Å². The van der Waals surface area contributed by atoms with Crippen LogP contribution in [0.4, 0.5) is 0 Å². The summed E-state index contributed by atoms with van der Waals surface area (Å²) in [7, 11) is 0. The van der Waals surface area contributed by atoms with Crippen molar-refractivity contribution < 1.29 is 19.5 Å². The van der Waals surface area contributed by atoms with Gasteiger partial charge in [0.05, 0.1) is 28.2 Å². The van der Waals surface area contributed by atoms with Gasteiger partial charge in [-0.1, -0.05) is 83.6 Å². The summed E-state index contributed by atoms with van der Waals surface area (Å²) in [6, 6.07) is 6.38. The first-order valence-electron chi connectivity index (χ1n) is 16.8. The van der Waals surface area contributed by atoms with Gasteiger partial charge in [-0.15, -0.1) is 11.3 Å². The highest BCUT2D eigenvalue weighted by Gasteiger charge is 2.49. The average Bonchev–Trinajstić information content (AvgIpc) is 3.71. The molecule has 1 aromatic heterocycles. The van der Waals surface area contributed by atoms with Crippen LogP contribution in [-0.2, 0) is 19.9 Å². The Morgan fingerprint density at radius 2 is 1.74 bits per heavy atom. The molecule has 0 unspecified atom stereocenters. The Balaban J connectivity index is 1.38. The molecule has 1 aromatic carbocycles. The molecule has 252 valence electrons. The number of nitrogens with zero attached hydrogens (tertiary/aromatic N) is 3. The number of hydrogen-bond donors (Lipinski definition) is 4. The minimum Gasteiger partial charge on any atom is -0.391 e. The van der Waals surface area contributed by atoms with Gasteiger partial charge >= 0.3 is 0 Å². The maximum absolute atomic E-state index is 14.1. The maximum atomic E-state index is 14.1. The number of amidine groups is 1. The highest BCUT2D eigenvalue weighted by molar-refractivity contribution is 7.13. The molecule has 2 aliphatic rings. The summed E-state index contributed by atoms with van der Waals surface area (Å²) in [6.07, 6.45) is 8.50. The number of aliphatic hydroxyl groups excluding tert-OH is 1. The molecule has 4 rings (SSSR count). The van der Waals surface area contributed by atoms with Crippen molar-refractivity contribution in [1.82, 2.24) is 20.5 Å². The van der Waals surface area contributed by atoms with Crippen molar-refractivity contribution in [2.75, 3.05) is 13.1 Å². The van der Waals surface area contributed by atoms with Gasteiger partial charge in [0.25, 0.3) is 5.91 Å². The second-order valence-corrected chi connectivity index (χ2v) is 14.9. The molecule has 0 bridgehead atoms. The van der Waals surface area contributed by atoms with Crippen LogP contribution in [0.1, 0.15) is 103 Å². The molecule has 46 heavy (non-hydrogen) atoms. The van der Waals surface area contributed by atoms with E-state index in [9.17, 15) is 19.5 Å². The SMILES string of the molecule is Cc1ncsc1-c1ccc([C@]2(C)NC([C@@H]3C[C@@H](O)CN3C(=O)[C@@H](NC(=O)CCCCCCCCCCN)C(C)(C)C)=NC2=O)cc1. The van der Waals surface area contributed by atoms with E-state index in [1.54, 1.807) is 23.2 Å². The quantitative estimate of drug-likeness (QED) is 0.202. The number of aryl methyl sites for hydroxylation is 1. The predicted molar refractivity (Wildman–Crippen MR) is 183 cm³/mol. The molecule has 0 radical (unpaired) electrons. The molecule has 2 aromatic rings. The smallest absolute Gasteiger partial charge is 0.277 e. The third-order valence-electron chi connectivity index (χ3n) is 9.15. The van der Waals surface area contributed by atoms with Crippen molar-refractivity contribution in [2.45, 2.75) is 123 Å². The number of hydrogen-bond acceptors (Lipinski definition) is 8. The molecule has 1 fully saturated rings. The summed E-state index contributed by atoms with van der Waals surface area (Å²) in [5, 5.41) is 17.0. The van der Waals surface area contributed by atoms with Crippen molar-refractivity contribution in [2.24, 2.45) is 16.1 Å². The van der Waals surface area contributed by atoms with Crippen LogP contribution in [-0.4, -0.2) is 69.8 Å².